The first-order valence-electron chi connectivity index (χ1n) is 17.3. The summed E-state index contributed by atoms with van der Waals surface area (Å²) in [4.78, 5) is 4.69. The minimum absolute atomic E-state index is 0.858. The van der Waals surface area contributed by atoms with Gasteiger partial charge in [-0.15, -0.1) is 0 Å². The van der Waals surface area contributed by atoms with Crippen LogP contribution in [0.4, 0.5) is 34.1 Å². The second-order valence-corrected chi connectivity index (χ2v) is 12.6. The van der Waals surface area contributed by atoms with Crippen molar-refractivity contribution in [3.05, 3.63) is 206 Å². The van der Waals surface area contributed by atoms with Gasteiger partial charge in [-0.05, 0) is 77.9 Å². The van der Waals surface area contributed by atoms with Gasteiger partial charge >= 0.3 is 0 Å². The normalized spacial score (nSPS) is 11.1. The quantitative estimate of drug-likeness (QED) is 0.163. The lowest BCUT2D eigenvalue weighted by atomic mass is 9.98. The van der Waals surface area contributed by atoms with E-state index in [2.05, 4.69) is 204 Å². The molecule has 0 aliphatic heterocycles. The zero-order valence-electron chi connectivity index (χ0n) is 27.9. The zero-order chi connectivity index (χ0) is 34.0. The maximum atomic E-state index is 6.42. The summed E-state index contributed by atoms with van der Waals surface area (Å²) in [5.41, 5.74) is 12.8. The predicted molar refractivity (Wildman–Crippen MR) is 214 cm³/mol. The number of nitrogens with zero attached hydrogens (tertiary/aromatic N) is 2. The van der Waals surface area contributed by atoms with Gasteiger partial charge in [-0.2, -0.15) is 0 Å². The number of benzene rings is 8. The molecule has 3 nitrogen and oxygen atoms in total. The molecule has 0 bridgehead atoms. The maximum absolute atomic E-state index is 6.42. The van der Waals surface area contributed by atoms with Crippen molar-refractivity contribution in [3.8, 4) is 22.3 Å². The van der Waals surface area contributed by atoms with Crippen LogP contribution < -0.4 is 9.80 Å². The highest BCUT2D eigenvalue weighted by molar-refractivity contribution is 6.06. The van der Waals surface area contributed by atoms with Crippen LogP contribution in [0.2, 0.25) is 0 Å². The van der Waals surface area contributed by atoms with E-state index in [-0.39, 0.29) is 0 Å². The fourth-order valence-electron chi connectivity index (χ4n) is 7.09. The van der Waals surface area contributed by atoms with Crippen molar-refractivity contribution in [1.29, 1.82) is 0 Å². The van der Waals surface area contributed by atoms with E-state index < -0.39 is 0 Å². The van der Waals surface area contributed by atoms with E-state index in [0.29, 0.717) is 0 Å². The average Bonchev–Trinajstić information content (AvgIpc) is 3.58. The van der Waals surface area contributed by atoms with Gasteiger partial charge in [0.1, 0.15) is 11.2 Å². The van der Waals surface area contributed by atoms with E-state index in [1.165, 1.54) is 11.1 Å². The lowest BCUT2D eigenvalue weighted by Gasteiger charge is -2.31. The van der Waals surface area contributed by atoms with Gasteiger partial charge in [-0.3, -0.25) is 0 Å². The van der Waals surface area contributed by atoms with Crippen molar-refractivity contribution < 1.29 is 4.42 Å². The molecule has 9 rings (SSSR count). The largest absolute Gasteiger partial charge is 0.456 e. The van der Waals surface area contributed by atoms with Gasteiger partial charge in [0, 0.05) is 50.7 Å². The van der Waals surface area contributed by atoms with Gasteiger partial charge in [0.2, 0.25) is 0 Å². The summed E-state index contributed by atoms with van der Waals surface area (Å²) < 4.78 is 6.42. The molecule has 9 aromatic rings. The summed E-state index contributed by atoms with van der Waals surface area (Å²) >= 11 is 0. The van der Waals surface area contributed by atoms with Crippen LogP contribution in [0.5, 0.6) is 0 Å². The summed E-state index contributed by atoms with van der Waals surface area (Å²) in [6, 6.07) is 72.7. The van der Waals surface area contributed by atoms with E-state index in [1.807, 2.05) is 12.1 Å². The topological polar surface area (TPSA) is 19.6 Å². The molecule has 1 heterocycles. The monoisotopic (exact) mass is 654 g/mol. The van der Waals surface area contributed by atoms with Crippen LogP contribution in [0.25, 0.3) is 44.2 Å². The van der Waals surface area contributed by atoms with Crippen molar-refractivity contribution >= 4 is 56.1 Å². The molecule has 0 saturated heterocycles. The van der Waals surface area contributed by atoms with Crippen LogP contribution in [0, 0.1) is 0 Å². The second kappa shape index (κ2) is 13.2. The fourth-order valence-corrected chi connectivity index (χ4v) is 7.09. The Labute approximate surface area is 297 Å². The molecule has 0 N–H and O–H groups in total. The van der Waals surface area contributed by atoms with Gasteiger partial charge in [-0.1, -0.05) is 133 Å². The second-order valence-electron chi connectivity index (χ2n) is 12.6. The molecule has 0 amide bonds. The van der Waals surface area contributed by atoms with Crippen molar-refractivity contribution in [2.45, 2.75) is 0 Å². The average molecular weight is 655 g/mol. The first-order valence-corrected chi connectivity index (χ1v) is 17.3. The molecule has 51 heavy (non-hydrogen) atoms. The molecule has 242 valence electrons. The third kappa shape index (κ3) is 5.71. The molecule has 0 unspecified atom stereocenters. The maximum Gasteiger partial charge on any atom is 0.137 e. The summed E-state index contributed by atoms with van der Waals surface area (Å²) in [5, 5.41) is 2.22. The molecule has 0 saturated carbocycles. The highest BCUT2D eigenvalue weighted by atomic mass is 16.3. The van der Waals surface area contributed by atoms with Crippen LogP contribution in [0.3, 0.4) is 0 Å². The molecule has 0 aliphatic carbocycles. The summed E-state index contributed by atoms with van der Waals surface area (Å²) in [5.74, 6) is 0. The highest BCUT2D eigenvalue weighted by Gasteiger charge is 2.22. The van der Waals surface area contributed by atoms with Gasteiger partial charge in [0.05, 0.1) is 11.4 Å². The lowest BCUT2D eigenvalue weighted by Crippen LogP contribution is -2.13. The Morgan fingerprint density at radius 3 is 1.35 bits per heavy atom. The Morgan fingerprint density at radius 1 is 0.294 bits per heavy atom. The number of para-hydroxylation sites is 5. The van der Waals surface area contributed by atoms with Gasteiger partial charge in [0.25, 0.3) is 0 Å². The molecule has 0 aliphatic rings. The number of rotatable bonds is 8. The first-order chi connectivity index (χ1) is 25.3. The summed E-state index contributed by atoms with van der Waals surface area (Å²) in [6.45, 7) is 0. The summed E-state index contributed by atoms with van der Waals surface area (Å²) in [6.07, 6.45) is 0. The van der Waals surface area contributed by atoms with E-state index in [9.17, 15) is 0 Å². The number of anilines is 6. The van der Waals surface area contributed by atoms with Crippen LogP contribution in [-0.4, -0.2) is 0 Å². The number of furan rings is 1. The summed E-state index contributed by atoms with van der Waals surface area (Å²) in [7, 11) is 0. The highest BCUT2D eigenvalue weighted by Crippen LogP contribution is 2.47. The van der Waals surface area contributed by atoms with Crippen molar-refractivity contribution in [1.82, 2.24) is 0 Å². The Morgan fingerprint density at radius 2 is 0.725 bits per heavy atom. The number of fused-ring (bicyclic) bond motifs is 3. The van der Waals surface area contributed by atoms with Crippen LogP contribution in [0.1, 0.15) is 0 Å². The Kier molecular flexibility index (Phi) is 7.84. The first kappa shape index (κ1) is 30.2. The Hall–Kier alpha value is -6.84. The molecule has 0 spiro atoms. The third-order valence-corrected chi connectivity index (χ3v) is 9.46. The minimum atomic E-state index is 0.858. The molecule has 0 atom stereocenters. The molecular formula is C48H34N2O. The number of hydrogen-bond acceptors (Lipinski definition) is 3. The molecule has 1 aromatic heterocycles. The van der Waals surface area contributed by atoms with E-state index in [4.69, 9.17) is 4.42 Å². The molecular weight excluding hydrogens is 621 g/mol. The van der Waals surface area contributed by atoms with E-state index >= 15 is 0 Å². The Balaban J connectivity index is 1.25. The molecule has 3 heteroatoms. The predicted octanol–water partition coefficient (Wildman–Crippen LogP) is 13.9. The molecule has 0 fully saturated rings. The van der Waals surface area contributed by atoms with Crippen molar-refractivity contribution in [2.75, 3.05) is 9.80 Å². The van der Waals surface area contributed by atoms with E-state index in [0.717, 1.165) is 67.2 Å². The lowest BCUT2D eigenvalue weighted by molar-refractivity contribution is 0.669. The standard InChI is InChI=1S/C48H34N2O/c1-4-16-35(17-5-1)36-28-30-39(31-29-36)50(40-32-33-44-43-24-12-15-27-47(43)51-48(44)34-40)46-26-14-11-23-42(46)41-22-10-13-25-45(41)49(37-18-6-2-7-19-37)38-20-8-3-9-21-38/h1-34H. The van der Waals surface area contributed by atoms with Gasteiger partial charge in [0.15, 0.2) is 0 Å². The molecule has 8 aromatic carbocycles. The van der Waals surface area contributed by atoms with Crippen LogP contribution >= 0.6 is 0 Å². The van der Waals surface area contributed by atoms with Crippen molar-refractivity contribution in [3.63, 3.8) is 0 Å². The molecule has 0 radical (unpaired) electrons. The fraction of sp³-hybridized carbons (Fsp3) is 0. The van der Waals surface area contributed by atoms with Gasteiger partial charge in [-0.25, -0.2) is 0 Å². The zero-order valence-corrected chi connectivity index (χ0v) is 27.9. The number of hydrogen-bond donors (Lipinski definition) is 0. The third-order valence-electron chi connectivity index (χ3n) is 9.46. The van der Waals surface area contributed by atoms with Crippen molar-refractivity contribution in [2.24, 2.45) is 0 Å². The van der Waals surface area contributed by atoms with Crippen LogP contribution in [0.15, 0.2) is 211 Å². The smallest absolute Gasteiger partial charge is 0.137 e. The van der Waals surface area contributed by atoms with Gasteiger partial charge < -0.3 is 14.2 Å². The van der Waals surface area contributed by atoms with Crippen LogP contribution in [-0.2, 0) is 0 Å². The Bertz CT molecular complexity index is 2540. The minimum Gasteiger partial charge on any atom is -0.456 e. The van der Waals surface area contributed by atoms with E-state index in [1.54, 1.807) is 0 Å². The SMILES string of the molecule is c1ccc(-c2ccc(N(c3ccc4c(c3)oc3ccccc34)c3ccccc3-c3ccccc3N(c3ccccc3)c3ccccc3)cc2)cc1.